The summed E-state index contributed by atoms with van der Waals surface area (Å²) in [6.07, 6.45) is 2.90. The zero-order valence-electron chi connectivity index (χ0n) is 13.4. The van der Waals surface area contributed by atoms with Gasteiger partial charge in [-0.3, -0.25) is 4.79 Å². The highest BCUT2D eigenvalue weighted by Gasteiger charge is 2.40. The van der Waals surface area contributed by atoms with Gasteiger partial charge >= 0.3 is 0 Å². The molecule has 2 heterocycles. The number of ether oxygens (including phenoxy) is 1. The SMILES string of the molecule is COc1ccc(C(=O)N2CCC(O)(CN3CCCC3)C2)cc1F. The lowest BCUT2D eigenvalue weighted by atomic mass is 10.0. The monoisotopic (exact) mass is 322 g/mol. The Balaban J connectivity index is 1.65. The average molecular weight is 322 g/mol. The van der Waals surface area contributed by atoms with Crippen LogP contribution >= 0.6 is 0 Å². The van der Waals surface area contributed by atoms with Gasteiger partial charge < -0.3 is 19.6 Å². The van der Waals surface area contributed by atoms with Gasteiger partial charge in [-0.05, 0) is 50.6 Å². The minimum Gasteiger partial charge on any atom is -0.494 e. The fraction of sp³-hybridized carbons (Fsp3) is 0.588. The number of rotatable bonds is 4. The summed E-state index contributed by atoms with van der Waals surface area (Å²) in [5.41, 5.74) is -0.570. The van der Waals surface area contributed by atoms with Crippen molar-refractivity contribution < 1.29 is 19.0 Å². The van der Waals surface area contributed by atoms with E-state index in [1.165, 1.54) is 32.1 Å². The lowest BCUT2D eigenvalue weighted by molar-refractivity contribution is 0.0175. The maximum atomic E-state index is 13.8. The van der Waals surface area contributed by atoms with Crippen LogP contribution in [0, 0.1) is 5.82 Å². The average Bonchev–Trinajstić information content (AvgIpc) is 3.16. The van der Waals surface area contributed by atoms with Crippen LogP contribution in [0.3, 0.4) is 0 Å². The van der Waals surface area contributed by atoms with Crippen LogP contribution in [0.5, 0.6) is 5.75 Å². The van der Waals surface area contributed by atoms with Gasteiger partial charge in [0.1, 0.15) is 0 Å². The van der Waals surface area contributed by atoms with Gasteiger partial charge in [-0.1, -0.05) is 0 Å². The van der Waals surface area contributed by atoms with Gasteiger partial charge in [0.05, 0.1) is 19.3 Å². The molecule has 2 saturated heterocycles. The van der Waals surface area contributed by atoms with E-state index >= 15 is 0 Å². The van der Waals surface area contributed by atoms with E-state index in [2.05, 4.69) is 4.90 Å². The molecule has 0 aromatic heterocycles. The minimum atomic E-state index is -0.856. The molecule has 2 aliphatic heterocycles. The van der Waals surface area contributed by atoms with Crippen molar-refractivity contribution in [3.63, 3.8) is 0 Å². The predicted octanol–water partition coefficient (Wildman–Crippen LogP) is 1.51. The van der Waals surface area contributed by atoms with Crippen LogP contribution in [0.2, 0.25) is 0 Å². The normalized spacial score (nSPS) is 25.1. The Morgan fingerprint density at radius 1 is 1.35 bits per heavy atom. The summed E-state index contributed by atoms with van der Waals surface area (Å²) in [5, 5.41) is 10.7. The van der Waals surface area contributed by atoms with Crippen molar-refractivity contribution >= 4 is 5.91 Å². The molecule has 6 heteroatoms. The summed E-state index contributed by atoms with van der Waals surface area (Å²) < 4.78 is 18.6. The molecule has 1 aromatic rings. The van der Waals surface area contributed by atoms with E-state index in [0.29, 0.717) is 26.1 Å². The number of carbonyl (C=O) groups is 1. The third-order valence-electron chi connectivity index (χ3n) is 4.73. The van der Waals surface area contributed by atoms with E-state index in [0.717, 1.165) is 13.1 Å². The van der Waals surface area contributed by atoms with Gasteiger partial charge in [0, 0.05) is 18.7 Å². The lowest BCUT2D eigenvalue weighted by Crippen LogP contribution is -2.45. The molecule has 1 aromatic carbocycles. The van der Waals surface area contributed by atoms with Crippen LogP contribution in [-0.4, -0.2) is 66.2 Å². The Morgan fingerprint density at radius 2 is 2.09 bits per heavy atom. The Kier molecular flexibility index (Phi) is 4.55. The second-order valence-electron chi connectivity index (χ2n) is 6.53. The number of likely N-dealkylation sites (tertiary alicyclic amines) is 2. The Labute approximate surface area is 135 Å². The molecular weight excluding hydrogens is 299 g/mol. The molecule has 1 amide bonds. The highest BCUT2D eigenvalue weighted by Crippen LogP contribution is 2.26. The molecule has 5 nitrogen and oxygen atoms in total. The molecular formula is C17H23FN2O3. The third kappa shape index (κ3) is 3.48. The molecule has 1 N–H and O–H groups in total. The standard InChI is InChI=1S/C17H23FN2O3/c1-23-15-5-4-13(10-14(15)18)16(21)20-9-6-17(22,12-20)11-19-7-2-3-8-19/h4-5,10,22H,2-3,6-9,11-12H2,1H3. The molecule has 23 heavy (non-hydrogen) atoms. The van der Waals surface area contributed by atoms with Crippen molar-refractivity contribution in [3.8, 4) is 5.75 Å². The highest BCUT2D eigenvalue weighted by atomic mass is 19.1. The zero-order valence-corrected chi connectivity index (χ0v) is 13.4. The highest BCUT2D eigenvalue weighted by molar-refractivity contribution is 5.94. The van der Waals surface area contributed by atoms with Crippen LogP contribution in [-0.2, 0) is 0 Å². The lowest BCUT2D eigenvalue weighted by Gasteiger charge is -2.28. The second-order valence-corrected chi connectivity index (χ2v) is 6.53. The van der Waals surface area contributed by atoms with Crippen LogP contribution in [0.15, 0.2) is 18.2 Å². The van der Waals surface area contributed by atoms with Crippen LogP contribution in [0.25, 0.3) is 0 Å². The van der Waals surface area contributed by atoms with E-state index in [1.54, 1.807) is 11.0 Å². The number of amides is 1. The first kappa shape index (κ1) is 16.2. The van der Waals surface area contributed by atoms with Crippen LogP contribution in [0.4, 0.5) is 4.39 Å². The van der Waals surface area contributed by atoms with Crippen molar-refractivity contribution in [2.75, 3.05) is 39.8 Å². The molecule has 0 spiro atoms. The van der Waals surface area contributed by atoms with Gasteiger partial charge in [-0.15, -0.1) is 0 Å². The van der Waals surface area contributed by atoms with Crippen LogP contribution in [0.1, 0.15) is 29.6 Å². The Hall–Kier alpha value is -1.66. The molecule has 1 atom stereocenters. The number of hydrogen-bond donors (Lipinski definition) is 1. The Bertz CT molecular complexity index is 589. The number of benzene rings is 1. The van der Waals surface area contributed by atoms with Crippen molar-refractivity contribution in [3.05, 3.63) is 29.6 Å². The van der Waals surface area contributed by atoms with E-state index in [9.17, 15) is 14.3 Å². The molecule has 0 aliphatic carbocycles. The quantitative estimate of drug-likeness (QED) is 0.913. The second kappa shape index (κ2) is 6.45. The van der Waals surface area contributed by atoms with Crippen molar-refractivity contribution in [1.29, 1.82) is 0 Å². The number of halogens is 1. The molecule has 3 rings (SSSR count). The maximum Gasteiger partial charge on any atom is 0.254 e. The van der Waals surface area contributed by atoms with Crippen molar-refractivity contribution in [1.82, 2.24) is 9.80 Å². The molecule has 0 bridgehead atoms. The van der Waals surface area contributed by atoms with Crippen molar-refractivity contribution in [2.24, 2.45) is 0 Å². The number of carbonyl (C=O) groups excluding carboxylic acids is 1. The summed E-state index contributed by atoms with van der Waals surface area (Å²) in [6.45, 7) is 3.43. The fourth-order valence-corrected chi connectivity index (χ4v) is 3.50. The number of nitrogens with zero attached hydrogens (tertiary/aromatic N) is 2. The summed E-state index contributed by atoms with van der Waals surface area (Å²) in [6, 6.07) is 4.20. The fourth-order valence-electron chi connectivity index (χ4n) is 3.50. The molecule has 1 unspecified atom stereocenters. The van der Waals surface area contributed by atoms with E-state index in [-0.39, 0.29) is 17.2 Å². The maximum absolute atomic E-state index is 13.8. The first-order valence-electron chi connectivity index (χ1n) is 8.08. The van der Waals surface area contributed by atoms with E-state index in [1.807, 2.05) is 0 Å². The smallest absolute Gasteiger partial charge is 0.254 e. The van der Waals surface area contributed by atoms with Gasteiger partial charge in [-0.2, -0.15) is 0 Å². The van der Waals surface area contributed by atoms with Crippen LogP contribution < -0.4 is 4.74 Å². The molecule has 126 valence electrons. The van der Waals surface area contributed by atoms with Gasteiger partial charge in [0.15, 0.2) is 11.6 Å². The minimum absolute atomic E-state index is 0.119. The topological polar surface area (TPSA) is 53.0 Å². The predicted molar refractivity (Wildman–Crippen MR) is 84.1 cm³/mol. The summed E-state index contributed by atoms with van der Waals surface area (Å²) in [5.74, 6) is -0.678. The molecule has 2 fully saturated rings. The molecule has 2 aliphatic rings. The van der Waals surface area contributed by atoms with Gasteiger partial charge in [0.2, 0.25) is 0 Å². The number of hydrogen-bond acceptors (Lipinski definition) is 4. The third-order valence-corrected chi connectivity index (χ3v) is 4.73. The molecule has 0 radical (unpaired) electrons. The number of methoxy groups -OCH3 is 1. The first-order chi connectivity index (χ1) is 11.0. The summed E-state index contributed by atoms with van der Waals surface area (Å²) in [7, 11) is 1.39. The van der Waals surface area contributed by atoms with Gasteiger partial charge in [0.25, 0.3) is 5.91 Å². The van der Waals surface area contributed by atoms with Gasteiger partial charge in [-0.25, -0.2) is 4.39 Å². The Morgan fingerprint density at radius 3 is 2.74 bits per heavy atom. The molecule has 0 saturated carbocycles. The summed E-state index contributed by atoms with van der Waals surface area (Å²) >= 11 is 0. The first-order valence-corrected chi connectivity index (χ1v) is 8.08. The summed E-state index contributed by atoms with van der Waals surface area (Å²) in [4.78, 5) is 16.4. The number of β-amino-alcohol motifs (C(OH)–C–C–N with tert-alkyl or cyclic N) is 1. The number of aliphatic hydroxyl groups is 1. The van der Waals surface area contributed by atoms with E-state index in [4.69, 9.17) is 4.74 Å². The largest absolute Gasteiger partial charge is 0.494 e. The van der Waals surface area contributed by atoms with Crippen molar-refractivity contribution in [2.45, 2.75) is 24.9 Å². The zero-order chi connectivity index (χ0) is 16.4. The van der Waals surface area contributed by atoms with E-state index < -0.39 is 11.4 Å².